The molecule has 2 unspecified atom stereocenters. The molecule has 1 aromatic carbocycles. The molecule has 2 atom stereocenters. The van der Waals surface area contributed by atoms with Crippen molar-refractivity contribution in [2.45, 2.75) is 18.9 Å². The van der Waals surface area contributed by atoms with Gasteiger partial charge >= 0.3 is 0 Å². The Bertz CT molecular complexity index is 370. The third-order valence-corrected chi connectivity index (χ3v) is 3.64. The molecule has 0 N–H and O–H groups in total. The quantitative estimate of drug-likeness (QED) is 0.727. The van der Waals surface area contributed by atoms with E-state index in [9.17, 15) is 4.39 Å². The molecule has 0 aliphatic carbocycles. The lowest BCUT2D eigenvalue weighted by Gasteiger charge is -2.31. The largest absolute Gasteiger partial charge is 0.373 e. The van der Waals surface area contributed by atoms with Gasteiger partial charge in [-0.3, -0.25) is 0 Å². The van der Waals surface area contributed by atoms with Crippen molar-refractivity contribution in [1.82, 2.24) is 0 Å². The van der Waals surface area contributed by atoms with Crippen LogP contribution in [0.4, 0.5) is 4.39 Å². The summed E-state index contributed by atoms with van der Waals surface area (Å²) < 4.78 is 18.6. The molecule has 1 aromatic rings. The molecule has 88 valence electrons. The fraction of sp³-hybridized carbons (Fsp3) is 0.500. The lowest BCUT2D eigenvalue weighted by Crippen LogP contribution is -2.24. The van der Waals surface area contributed by atoms with Crippen LogP contribution in [0.3, 0.4) is 0 Å². The number of hydrogen-bond donors (Lipinski definition) is 0. The first-order chi connectivity index (χ1) is 7.72. The van der Waals surface area contributed by atoms with E-state index in [4.69, 9.17) is 27.9 Å². The lowest BCUT2D eigenvalue weighted by molar-refractivity contribution is -0.0207. The summed E-state index contributed by atoms with van der Waals surface area (Å²) in [6, 6.07) is 4.41. The molecule has 1 aliphatic rings. The molecule has 1 nitrogen and oxygen atoms in total. The molecule has 0 radical (unpaired) electrons. The molecule has 0 saturated carbocycles. The number of ether oxygens (including phenoxy) is 1. The van der Waals surface area contributed by atoms with E-state index in [0.717, 1.165) is 18.4 Å². The first kappa shape index (κ1) is 12.2. The molecule has 2 rings (SSSR count). The van der Waals surface area contributed by atoms with Gasteiger partial charge in [-0.05, 0) is 30.5 Å². The van der Waals surface area contributed by atoms with Crippen LogP contribution in [-0.2, 0) is 4.74 Å². The standard InChI is InChI=1S/C12H13Cl2FO/c13-7-8-2-1-5-16-12(8)10-4-3-9(15)6-11(10)14/h3-4,6,8,12H,1-2,5,7H2. The molecule has 4 heteroatoms. The van der Waals surface area contributed by atoms with Gasteiger partial charge in [-0.15, -0.1) is 11.6 Å². The van der Waals surface area contributed by atoms with Crippen molar-refractivity contribution in [3.63, 3.8) is 0 Å². The van der Waals surface area contributed by atoms with Crippen molar-refractivity contribution in [2.75, 3.05) is 12.5 Å². The van der Waals surface area contributed by atoms with Crippen molar-refractivity contribution in [1.29, 1.82) is 0 Å². The van der Waals surface area contributed by atoms with E-state index >= 15 is 0 Å². The van der Waals surface area contributed by atoms with Gasteiger partial charge in [0.1, 0.15) is 5.82 Å². The highest BCUT2D eigenvalue weighted by molar-refractivity contribution is 6.31. The van der Waals surface area contributed by atoms with Gasteiger partial charge in [-0.2, -0.15) is 0 Å². The summed E-state index contributed by atoms with van der Waals surface area (Å²) in [6.07, 6.45) is 1.95. The van der Waals surface area contributed by atoms with Crippen molar-refractivity contribution >= 4 is 23.2 Å². The maximum absolute atomic E-state index is 12.9. The summed E-state index contributed by atoms with van der Waals surface area (Å²) in [7, 11) is 0. The summed E-state index contributed by atoms with van der Waals surface area (Å²) >= 11 is 11.9. The molecule has 1 heterocycles. The van der Waals surface area contributed by atoms with Crippen LogP contribution in [0.2, 0.25) is 5.02 Å². The highest BCUT2D eigenvalue weighted by atomic mass is 35.5. The molecule has 1 fully saturated rings. The Morgan fingerprint density at radius 2 is 2.25 bits per heavy atom. The second kappa shape index (κ2) is 5.35. The molecule has 0 spiro atoms. The zero-order valence-corrected chi connectivity index (χ0v) is 10.3. The normalized spacial score (nSPS) is 25.7. The molecular formula is C12H13Cl2FO. The second-order valence-electron chi connectivity index (χ2n) is 4.01. The fourth-order valence-electron chi connectivity index (χ4n) is 2.08. The predicted octanol–water partition coefficient (Wildman–Crippen LogP) is 4.19. The smallest absolute Gasteiger partial charge is 0.124 e. The first-order valence-corrected chi connectivity index (χ1v) is 6.26. The Kier molecular flexibility index (Phi) is 4.06. The average Bonchev–Trinajstić information content (AvgIpc) is 2.29. The summed E-state index contributed by atoms with van der Waals surface area (Å²) in [6.45, 7) is 0.714. The molecule has 0 aromatic heterocycles. The molecule has 16 heavy (non-hydrogen) atoms. The third-order valence-electron chi connectivity index (χ3n) is 2.91. The topological polar surface area (TPSA) is 9.23 Å². The second-order valence-corrected chi connectivity index (χ2v) is 4.73. The van der Waals surface area contributed by atoms with Crippen LogP contribution in [-0.4, -0.2) is 12.5 Å². The monoisotopic (exact) mass is 262 g/mol. The minimum atomic E-state index is -0.327. The van der Waals surface area contributed by atoms with Gasteiger partial charge in [0.05, 0.1) is 6.10 Å². The summed E-state index contributed by atoms with van der Waals surface area (Å²) in [5, 5.41) is 0.419. The minimum absolute atomic E-state index is 0.0978. The Morgan fingerprint density at radius 3 is 2.94 bits per heavy atom. The summed E-state index contributed by atoms with van der Waals surface area (Å²) in [5.41, 5.74) is 0.841. The Balaban J connectivity index is 2.27. The van der Waals surface area contributed by atoms with Gasteiger partial charge in [0.2, 0.25) is 0 Å². The Morgan fingerprint density at radius 1 is 1.44 bits per heavy atom. The van der Waals surface area contributed by atoms with Crippen molar-refractivity contribution in [2.24, 2.45) is 5.92 Å². The van der Waals surface area contributed by atoms with Crippen LogP contribution in [0.15, 0.2) is 18.2 Å². The molecule has 0 amide bonds. The first-order valence-electron chi connectivity index (χ1n) is 5.35. The zero-order valence-electron chi connectivity index (χ0n) is 8.76. The van der Waals surface area contributed by atoms with Crippen LogP contribution in [0.5, 0.6) is 0 Å². The van der Waals surface area contributed by atoms with E-state index in [1.807, 2.05) is 0 Å². The minimum Gasteiger partial charge on any atom is -0.373 e. The van der Waals surface area contributed by atoms with Crippen LogP contribution in [0.25, 0.3) is 0 Å². The maximum Gasteiger partial charge on any atom is 0.124 e. The number of rotatable bonds is 2. The van der Waals surface area contributed by atoms with Crippen molar-refractivity contribution in [3.8, 4) is 0 Å². The molecule has 0 bridgehead atoms. The van der Waals surface area contributed by atoms with Gasteiger partial charge < -0.3 is 4.74 Å². The van der Waals surface area contributed by atoms with Gasteiger partial charge in [-0.1, -0.05) is 17.7 Å². The van der Waals surface area contributed by atoms with Gasteiger partial charge in [0.15, 0.2) is 0 Å². The Hall–Kier alpha value is -0.310. The molecule has 1 aliphatic heterocycles. The summed E-state index contributed by atoms with van der Waals surface area (Å²) in [5.74, 6) is 0.476. The lowest BCUT2D eigenvalue weighted by atomic mass is 9.91. The van der Waals surface area contributed by atoms with Gasteiger partial charge in [-0.25, -0.2) is 4.39 Å². The van der Waals surface area contributed by atoms with E-state index in [1.54, 1.807) is 6.07 Å². The molecular weight excluding hydrogens is 250 g/mol. The number of benzene rings is 1. The zero-order chi connectivity index (χ0) is 11.5. The predicted molar refractivity (Wildman–Crippen MR) is 63.5 cm³/mol. The molecule has 1 saturated heterocycles. The third kappa shape index (κ3) is 2.50. The number of halogens is 3. The number of alkyl halides is 1. The fourth-order valence-corrected chi connectivity index (χ4v) is 2.67. The van der Waals surface area contributed by atoms with Crippen LogP contribution in [0.1, 0.15) is 24.5 Å². The number of hydrogen-bond acceptors (Lipinski definition) is 1. The van der Waals surface area contributed by atoms with Gasteiger partial charge in [0, 0.05) is 23.4 Å². The van der Waals surface area contributed by atoms with Crippen LogP contribution >= 0.6 is 23.2 Å². The Labute approximate surface area is 105 Å². The van der Waals surface area contributed by atoms with E-state index in [0.29, 0.717) is 17.5 Å². The maximum atomic E-state index is 12.9. The van der Waals surface area contributed by atoms with Crippen molar-refractivity contribution < 1.29 is 9.13 Å². The van der Waals surface area contributed by atoms with Crippen LogP contribution in [0, 0.1) is 11.7 Å². The van der Waals surface area contributed by atoms with E-state index in [1.165, 1.54) is 12.1 Å². The van der Waals surface area contributed by atoms with Crippen molar-refractivity contribution in [3.05, 3.63) is 34.6 Å². The SMILES string of the molecule is Fc1ccc(C2OCCCC2CCl)c(Cl)c1. The van der Waals surface area contributed by atoms with E-state index < -0.39 is 0 Å². The van der Waals surface area contributed by atoms with E-state index in [-0.39, 0.29) is 17.8 Å². The van der Waals surface area contributed by atoms with Crippen LogP contribution < -0.4 is 0 Å². The summed E-state index contributed by atoms with van der Waals surface area (Å²) in [4.78, 5) is 0. The highest BCUT2D eigenvalue weighted by Crippen LogP contribution is 2.37. The highest BCUT2D eigenvalue weighted by Gasteiger charge is 2.28. The van der Waals surface area contributed by atoms with Gasteiger partial charge in [0.25, 0.3) is 0 Å². The van der Waals surface area contributed by atoms with E-state index in [2.05, 4.69) is 0 Å². The average molecular weight is 263 g/mol.